The first-order chi connectivity index (χ1) is 8.22. The van der Waals surface area contributed by atoms with E-state index in [0.29, 0.717) is 6.04 Å². The number of rotatable bonds is 3. The van der Waals surface area contributed by atoms with Gasteiger partial charge < -0.3 is 10.0 Å². The summed E-state index contributed by atoms with van der Waals surface area (Å²) in [6.45, 7) is 0.0405. The summed E-state index contributed by atoms with van der Waals surface area (Å²) in [7, 11) is 2.09. The molecule has 0 spiro atoms. The minimum Gasteiger partial charge on any atom is -0.392 e. The molecular formula is C13H19BrN2O. The van der Waals surface area contributed by atoms with Crippen LogP contribution in [0.25, 0.3) is 0 Å². The van der Waals surface area contributed by atoms with E-state index in [1.807, 2.05) is 6.07 Å². The summed E-state index contributed by atoms with van der Waals surface area (Å²) in [5.41, 5.74) is 0.896. The van der Waals surface area contributed by atoms with Crippen LogP contribution in [0.1, 0.15) is 37.7 Å². The fourth-order valence-electron chi connectivity index (χ4n) is 2.55. The van der Waals surface area contributed by atoms with Crippen LogP contribution in [-0.4, -0.2) is 23.2 Å². The molecule has 0 aromatic carbocycles. The highest BCUT2D eigenvalue weighted by Gasteiger charge is 2.20. The highest BCUT2D eigenvalue weighted by atomic mass is 79.9. The van der Waals surface area contributed by atoms with Gasteiger partial charge in [-0.15, -0.1) is 0 Å². The smallest absolute Gasteiger partial charge is 0.134 e. The molecule has 0 atom stereocenters. The molecule has 0 unspecified atom stereocenters. The van der Waals surface area contributed by atoms with Gasteiger partial charge in [0, 0.05) is 29.3 Å². The summed E-state index contributed by atoms with van der Waals surface area (Å²) >= 11 is 3.39. The number of anilines is 1. The van der Waals surface area contributed by atoms with Crippen molar-refractivity contribution in [2.45, 2.75) is 44.8 Å². The third-order valence-corrected chi connectivity index (χ3v) is 3.97. The third kappa shape index (κ3) is 2.99. The molecule has 0 bridgehead atoms. The average Bonchev–Trinajstić information content (AvgIpc) is 2.39. The van der Waals surface area contributed by atoms with Gasteiger partial charge in [0.2, 0.25) is 0 Å². The summed E-state index contributed by atoms with van der Waals surface area (Å²) in [6.07, 6.45) is 8.23. The summed E-state index contributed by atoms with van der Waals surface area (Å²) < 4.78 is 0.919. The van der Waals surface area contributed by atoms with Crippen molar-refractivity contribution in [3.63, 3.8) is 0 Å². The van der Waals surface area contributed by atoms with E-state index in [9.17, 15) is 5.11 Å². The van der Waals surface area contributed by atoms with Crippen LogP contribution in [0.2, 0.25) is 0 Å². The Morgan fingerprint density at radius 3 is 2.76 bits per heavy atom. The van der Waals surface area contributed by atoms with E-state index < -0.39 is 0 Å². The van der Waals surface area contributed by atoms with Gasteiger partial charge in [0.25, 0.3) is 0 Å². The molecule has 1 aliphatic carbocycles. The van der Waals surface area contributed by atoms with Crippen molar-refractivity contribution in [1.82, 2.24) is 4.98 Å². The van der Waals surface area contributed by atoms with Crippen LogP contribution in [0, 0.1) is 0 Å². The fourth-order valence-corrected chi connectivity index (χ4v) is 2.93. The van der Waals surface area contributed by atoms with E-state index in [-0.39, 0.29) is 6.61 Å². The Bertz CT molecular complexity index is 378. The molecule has 1 aliphatic rings. The van der Waals surface area contributed by atoms with Crippen LogP contribution in [0.15, 0.2) is 16.7 Å². The SMILES string of the molecule is CN(c1ncc(Br)cc1CO)C1CCCCC1. The molecule has 0 amide bonds. The second-order valence-corrected chi connectivity index (χ2v) is 5.61. The van der Waals surface area contributed by atoms with Crippen molar-refractivity contribution in [2.75, 3.05) is 11.9 Å². The predicted molar refractivity (Wildman–Crippen MR) is 73.1 cm³/mol. The van der Waals surface area contributed by atoms with E-state index in [4.69, 9.17) is 0 Å². The number of hydrogen-bond donors (Lipinski definition) is 1. The molecule has 1 heterocycles. The molecule has 17 heavy (non-hydrogen) atoms. The van der Waals surface area contributed by atoms with Crippen LogP contribution in [0.4, 0.5) is 5.82 Å². The Balaban J connectivity index is 2.19. The van der Waals surface area contributed by atoms with E-state index in [2.05, 4.69) is 32.9 Å². The second kappa shape index (κ2) is 5.83. The number of pyridine rings is 1. The van der Waals surface area contributed by atoms with Crippen LogP contribution < -0.4 is 4.90 Å². The largest absolute Gasteiger partial charge is 0.392 e. The lowest BCUT2D eigenvalue weighted by atomic mass is 9.94. The number of aromatic nitrogens is 1. The lowest BCUT2D eigenvalue weighted by Crippen LogP contribution is -2.34. The van der Waals surface area contributed by atoms with Crippen molar-refractivity contribution in [2.24, 2.45) is 0 Å². The van der Waals surface area contributed by atoms with E-state index in [0.717, 1.165) is 15.9 Å². The maximum absolute atomic E-state index is 9.40. The first-order valence-electron chi connectivity index (χ1n) is 6.20. The van der Waals surface area contributed by atoms with Gasteiger partial charge in [0.05, 0.1) is 6.61 Å². The van der Waals surface area contributed by atoms with Gasteiger partial charge in [-0.2, -0.15) is 0 Å². The highest BCUT2D eigenvalue weighted by molar-refractivity contribution is 9.10. The molecule has 0 radical (unpaired) electrons. The molecule has 1 N–H and O–H groups in total. The van der Waals surface area contributed by atoms with E-state index in [1.165, 1.54) is 32.1 Å². The molecule has 1 aromatic heterocycles. The summed E-state index contributed by atoms with van der Waals surface area (Å²) in [5, 5.41) is 9.40. The minimum atomic E-state index is 0.0405. The number of aliphatic hydroxyl groups excluding tert-OH is 1. The second-order valence-electron chi connectivity index (χ2n) is 4.70. The molecule has 1 aromatic rings. The third-order valence-electron chi connectivity index (χ3n) is 3.54. The number of hydrogen-bond acceptors (Lipinski definition) is 3. The molecule has 4 heteroatoms. The zero-order valence-corrected chi connectivity index (χ0v) is 11.8. The Hall–Kier alpha value is -0.610. The van der Waals surface area contributed by atoms with Crippen LogP contribution in [-0.2, 0) is 6.61 Å². The standard InChI is InChI=1S/C13H19BrN2O/c1-16(12-5-3-2-4-6-12)13-10(9-17)7-11(14)8-15-13/h7-8,12,17H,2-6,9H2,1H3. The molecule has 0 aliphatic heterocycles. The lowest BCUT2D eigenvalue weighted by Gasteiger charge is -2.33. The Kier molecular flexibility index (Phi) is 4.40. The predicted octanol–water partition coefficient (Wildman–Crippen LogP) is 3.11. The minimum absolute atomic E-state index is 0.0405. The van der Waals surface area contributed by atoms with Gasteiger partial charge in [0.1, 0.15) is 5.82 Å². The zero-order valence-electron chi connectivity index (χ0n) is 10.2. The number of nitrogens with zero attached hydrogens (tertiary/aromatic N) is 2. The molecule has 0 saturated heterocycles. The van der Waals surface area contributed by atoms with E-state index >= 15 is 0 Å². The Morgan fingerprint density at radius 2 is 2.12 bits per heavy atom. The van der Waals surface area contributed by atoms with Gasteiger partial charge in [-0.1, -0.05) is 19.3 Å². The maximum Gasteiger partial charge on any atom is 0.134 e. The van der Waals surface area contributed by atoms with Crippen molar-refractivity contribution in [3.8, 4) is 0 Å². The number of halogens is 1. The quantitative estimate of drug-likeness (QED) is 0.931. The van der Waals surface area contributed by atoms with E-state index in [1.54, 1.807) is 6.20 Å². The maximum atomic E-state index is 9.40. The summed E-state index contributed by atoms with van der Waals surface area (Å²) in [6, 6.07) is 2.52. The summed E-state index contributed by atoms with van der Waals surface area (Å²) in [4.78, 5) is 6.68. The normalized spacial score (nSPS) is 17.1. The van der Waals surface area contributed by atoms with Crippen molar-refractivity contribution in [1.29, 1.82) is 0 Å². The van der Waals surface area contributed by atoms with Crippen LogP contribution >= 0.6 is 15.9 Å². The topological polar surface area (TPSA) is 36.4 Å². The Labute approximate surface area is 111 Å². The van der Waals surface area contributed by atoms with Crippen LogP contribution in [0.5, 0.6) is 0 Å². The molecule has 94 valence electrons. The van der Waals surface area contributed by atoms with Gasteiger partial charge in [-0.25, -0.2) is 4.98 Å². The van der Waals surface area contributed by atoms with Gasteiger partial charge in [-0.05, 0) is 34.8 Å². The average molecular weight is 299 g/mol. The van der Waals surface area contributed by atoms with Gasteiger partial charge in [-0.3, -0.25) is 0 Å². The van der Waals surface area contributed by atoms with Gasteiger partial charge >= 0.3 is 0 Å². The van der Waals surface area contributed by atoms with Crippen molar-refractivity contribution >= 4 is 21.7 Å². The van der Waals surface area contributed by atoms with Crippen molar-refractivity contribution < 1.29 is 5.11 Å². The molecule has 3 nitrogen and oxygen atoms in total. The molecule has 2 rings (SSSR count). The molecule has 1 fully saturated rings. The highest BCUT2D eigenvalue weighted by Crippen LogP contribution is 2.28. The molecular weight excluding hydrogens is 280 g/mol. The first kappa shape index (κ1) is 12.8. The summed E-state index contributed by atoms with van der Waals surface area (Å²) in [5.74, 6) is 0.919. The van der Waals surface area contributed by atoms with Gasteiger partial charge in [0.15, 0.2) is 0 Å². The number of aliphatic hydroxyl groups is 1. The lowest BCUT2D eigenvalue weighted by molar-refractivity contribution is 0.281. The Morgan fingerprint density at radius 1 is 1.41 bits per heavy atom. The van der Waals surface area contributed by atoms with Crippen LogP contribution in [0.3, 0.4) is 0 Å². The fraction of sp³-hybridized carbons (Fsp3) is 0.615. The van der Waals surface area contributed by atoms with Crippen molar-refractivity contribution in [3.05, 3.63) is 22.3 Å². The monoisotopic (exact) mass is 298 g/mol. The molecule has 1 saturated carbocycles. The zero-order chi connectivity index (χ0) is 12.3. The first-order valence-corrected chi connectivity index (χ1v) is 7.00.